The molecule has 1 unspecified atom stereocenters. The first-order valence-electron chi connectivity index (χ1n) is 5.70. The second-order valence-electron chi connectivity index (χ2n) is 4.20. The molecular weight excluding hydrogens is 186 g/mol. The third-order valence-electron chi connectivity index (χ3n) is 3.13. The SMILES string of the molecule is COc1c(C)cccc1C1CCCCN1. The molecule has 1 aliphatic heterocycles. The first kappa shape index (κ1) is 10.5. The van der Waals surface area contributed by atoms with Gasteiger partial charge in [-0.25, -0.2) is 0 Å². The number of piperidine rings is 1. The Morgan fingerprint density at radius 2 is 2.20 bits per heavy atom. The van der Waals surface area contributed by atoms with Gasteiger partial charge in [0.2, 0.25) is 0 Å². The summed E-state index contributed by atoms with van der Waals surface area (Å²) < 4.78 is 5.49. The van der Waals surface area contributed by atoms with Crippen LogP contribution in [-0.4, -0.2) is 13.7 Å². The van der Waals surface area contributed by atoms with Crippen molar-refractivity contribution >= 4 is 0 Å². The summed E-state index contributed by atoms with van der Waals surface area (Å²) in [6.45, 7) is 3.23. The number of rotatable bonds is 2. The smallest absolute Gasteiger partial charge is 0.126 e. The molecule has 1 aromatic carbocycles. The van der Waals surface area contributed by atoms with Crippen LogP contribution in [0.4, 0.5) is 0 Å². The maximum atomic E-state index is 5.49. The van der Waals surface area contributed by atoms with Crippen molar-refractivity contribution in [2.24, 2.45) is 0 Å². The lowest BCUT2D eigenvalue weighted by atomic mass is 9.95. The number of methoxy groups -OCH3 is 1. The van der Waals surface area contributed by atoms with Gasteiger partial charge in [-0.3, -0.25) is 0 Å². The lowest BCUT2D eigenvalue weighted by Crippen LogP contribution is -2.27. The fourth-order valence-corrected chi connectivity index (χ4v) is 2.35. The molecular formula is C13H19NO. The Labute approximate surface area is 91.6 Å². The van der Waals surface area contributed by atoms with Crippen molar-refractivity contribution in [1.82, 2.24) is 5.32 Å². The number of ether oxygens (including phenoxy) is 1. The number of aryl methyl sites for hydroxylation is 1. The summed E-state index contributed by atoms with van der Waals surface area (Å²) >= 11 is 0. The van der Waals surface area contributed by atoms with Crippen molar-refractivity contribution in [2.45, 2.75) is 32.2 Å². The van der Waals surface area contributed by atoms with Crippen LogP contribution in [0.5, 0.6) is 5.75 Å². The minimum Gasteiger partial charge on any atom is -0.496 e. The zero-order valence-corrected chi connectivity index (χ0v) is 9.55. The van der Waals surface area contributed by atoms with Gasteiger partial charge in [0.25, 0.3) is 0 Å². The van der Waals surface area contributed by atoms with Gasteiger partial charge in [0.15, 0.2) is 0 Å². The molecule has 82 valence electrons. The first-order chi connectivity index (χ1) is 7.33. The Kier molecular flexibility index (Phi) is 3.27. The largest absolute Gasteiger partial charge is 0.496 e. The van der Waals surface area contributed by atoms with Gasteiger partial charge in [-0.05, 0) is 31.9 Å². The molecule has 0 spiro atoms. The highest BCUT2D eigenvalue weighted by Crippen LogP contribution is 2.32. The zero-order valence-electron chi connectivity index (χ0n) is 9.55. The number of nitrogens with one attached hydrogen (secondary N) is 1. The lowest BCUT2D eigenvalue weighted by molar-refractivity contribution is 0.372. The molecule has 2 rings (SSSR count). The molecule has 0 bridgehead atoms. The summed E-state index contributed by atoms with van der Waals surface area (Å²) in [6, 6.07) is 6.87. The van der Waals surface area contributed by atoms with Gasteiger partial charge in [-0.1, -0.05) is 24.6 Å². The monoisotopic (exact) mass is 205 g/mol. The standard InChI is InChI=1S/C13H19NO/c1-10-6-5-7-11(13(10)15-2)12-8-3-4-9-14-12/h5-7,12,14H,3-4,8-9H2,1-2H3. The molecule has 1 N–H and O–H groups in total. The predicted octanol–water partition coefficient (Wildman–Crippen LogP) is 2.82. The molecule has 0 aliphatic carbocycles. The average molecular weight is 205 g/mol. The molecule has 1 heterocycles. The Bertz CT molecular complexity index is 329. The number of benzene rings is 1. The lowest BCUT2D eigenvalue weighted by Gasteiger charge is -2.25. The average Bonchev–Trinajstić information content (AvgIpc) is 2.30. The minimum absolute atomic E-state index is 0.480. The Balaban J connectivity index is 2.29. The van der Waals surface area contributed by atoms with Crippen LogP contribution in [0.15, 0.2) is 18.2 Å². The normalized spacial score (nSPS) is 21.3. The Morgan fingerprint density at radius 1 is 1.33 bits per heavy atom. The van der Waals surface area contributed by atoms with Crippen LogP contribution in [0.25, 0.3) is 0 Å². The van der Waals surface area contributed by atoms with Crippen molar-refractivity contribution in [3.63, 3.8) is 0 Å². The molecule has 1 atom stereocenters. The Hall–Kier alpha value is -1.02. The van der Waals surface area contributed by atoms with Gasteiger partial charge in [-0.15, -0.1) is 0 Å². The molecule has 2 heteroatoms. The third-order valence-corrected chi connectivity index (χ3v) is 3.13. The molecule has 1 saturated heterocycles. The van der Waals surface area contributed by atoms with E-state index in [-0.39, 0.29) is 0 Å². The van der Waals surface area contributed by atoms with E-state index < -0.39 is 0 Å². The number of para-hydroxylation sites is 1. The predicted molar refractivity (Wildman–Crippen MR) is 62.3 cm³/mol. The summed E-state index contributed by atoms with van der Waals surface area (Å²) in [5, 5.41) is 3.56. The van der Waals surface area contributed by atoms with E-state index in [1.807, 2.05) is 0 Å². The van der Waals surface area contributed by atoms with Crippen molar-refractivity contribution in [3.05, 3.63) is 29.3 Å². The van der Waals surface area contributed by atoms with E-state index in [4.69, 9.17) is 4.74 Å². The van der Waals surface area contributed by atoms with Crippen LogP contribution >= 0.6 is 0 Å². The molecule has 0 radical (unpaired) electrons. The molecule has 0 amide bonds. The van der Waals surface area contributed by atoms with Gasteiger partial charge in [-0.2, -0.15) is 0 Å². The third kappa shape index (κ3) is 2.15. The van der Waals surface area contributed by atoms with E-state index in [2.05, 4.69) is 30.4 Å². The highest BCUT2D eigenvalue weighted by Gasteiger charge is 2.18. The molecule has 2 nitrogen and oxygen atoms in total. The number of hydrogen-bond donors (Lipinski definition) is 1. The molecule has 1 fully saturated rings. The second kappa shape index (κ2) is 4.67. The highest BCUT2D eigenvalue weighted by molar-refractivity contribution is 5.42. The summed E-state index contributed by atoms with van der Waals surface area (Å²) in [6.07, 6.45) is 3.83. The van der Waals surface area contributed by atoms with E-state index >= 15 is 0 Å². The fourth-order valence-electron chi connectivity index (χ4n) is 2.35. The summed E-state index contributed by atoms with van der Waals surface area (Å²) in [5.41, 5.74) is 2.54. The van der Waals surface area contributed by atoms with Gasteiger partial charge in [0, 0.05) is 11.6 Å². The van der Waals surface area contributed by atoms with E-state index in [0.717, 1.165) is 12.3 Å². The van der Waals surface area contributed by atoms with Crippen LogP contribution in [0.1, 0.15) is 36.4 Å². The van der Waals surface area contributed by atoms with Crippen molar-refractivity contribution in [2.75, 3.05) is 13.7 Å². The summed E-state index contributed by atoms with van der Waals surface area (Å²) in [4.78, 5) is 0. The fraction of sp³-hybridized carbons (Fsp3) is 0.538. The Morgan fingerprint density at radius 3 is 2.87 bits per heavy atom. The van der Waals surface area contributed by atoms with Gasteiger partial charge < -0.3 is 10.1 Å². The summed E-state index contributed by atoms with van der Waals surface area (Å²) in [7, 11) is 1.76. The molecule has 0 aromatic heterocycles. The van der Waals surface area contributed by atoms with Gasteiger partial charge in [0.05, 0.1) is 7.11 Å². The van der Waals surface area contributed by atoms with E-state index in [1.54, 1.807) is 7.11 Å². The van der Waals surface area contributed by atoms with E-state index in [9.17, 15) is 0 Å². The van der Waals surface area contributed by atoms with E-state index in [1.165, 1.54) is 30.4 Å². The highest BCUT2D eigenvalue weighted by atomic mass is 16.5. The minimum atomic E-state index is 0.480. The van der Waals surface area contributed by atoms with Gasteiger partial charge in [0.1, 0.15) is 5.75 Å². The number of hydrogen-bond acceptors (Lipinski definition) is 2. The van der Waals surface area contributed by atoms with Crippen molar-refractivity contribution in [1.29, 1.82) is 0 Å². The zero-order chi connectivity index (χ0) is 10.7. The quantitative estimate of drug-likeness (QED) is 0.801. The molecule has 15 heavy (non-hydrogen) atoms. The molecule has 0 saturated carbocycles. The summed E-state index contributed by atoms with van der Waals surface area (Å²) in [5.74, 6) is 1.05. The van der Waals surface area contributed by atoms with Crippen LogP contribution < -0.4 is 10.1 Å². The van der Waals surface area contributed by atoms with Crippen molar-refractivity contribution < 1.29 is 4.74 Å². The first-order valence-corrected chi connectivity index (χ1v) is 5.70. The van der Waals surface area contributed by atoms with Crippen LogP contribution in [0.3, 0.4) is 0 Å². The molecule has 1 aromatic rings. The van der Waals surface area contributed by atoms with Crippen LogP contribution in [0, 0.1) is 6.92 Å². The molecule has 1 aliphatic rings. The van der Waals surface area contributed by atoms with Crippen LogP contribution in [-0.2, 0) is 0 Å². The second-order valence-corrected chi connectivity index (χ2v) is 4.20. The van der Waals surface area contributed by atoms with E-state index in [0.29, 0.717) is 6.04 Å². The maximum Gasteiger partial charge on any atom is 0.126 e. The maximum absolute atomic E-state index is 5.49. The van der Waals surface area contributed by atoms with Crippen molar-refractivity contribution in [3.8, 4) is 5.75 Å². The van der Waals surface area contributed by atoms with Gasteiger partial charge >= 0.3 is 0 Å². The topological polar surface area (TPSA) is 21.3 Å². The van der Waals surface area contributed by atoms with Crippen LogP contribution in [0.2, 0.25) is 0 Å².